The summed E-state index contributed by atoms with van der Waals surface area (Å²) in [7, 11) is 0. The van der Waals surface area contributed by atoms with Gasteiger partial charge in [0.05, 0.1) is 6.10 Å². The van der Waals surface area contributed by atoms with Crippen molar-refractivity contribution in [2.45, 2.75) is 130 Å². The molecule has 0 aliphatic rings. The van der Waals surface area contributed by atoms with Crippen LogP contribution in [-0.4, -0.2) is 61.0 Å². The molecule has 3 heteroatoms. The Bertz CT molecular complexity index is 254. The van der Waals surface area contributed by atoms with Gasteiger partial charge >= 0.3 is 54.9 Å². The molecule has 0 spiro atoms. The first-order valence-corrected chi connectivity index (χ1v) is 10.4. The van der Waals surface area contributed by atoms with E-state index < -0.39 is 0 Å². The molecule has 24 heavy (non-hydrogen) atoms. The average Bonchev–Trinajstić information content (AvgIpc) is 2.50. The first-order valence-electron chi connectivity index (χ1n) is 10.4. The van der Waals surface area contributed by atoms with E-state index in [4.69, 9.17) is 4.74 Å². The van der Waals surface area contributed by atoms with Crippen LogP contribution in [0.2, 0.25) is 0 Å². The molecule has 2 nitrogen and oxygen atoms in total. The van der Waals surface area contributed by atoms with Crippen molar-refractivity contribution in [2.24, 2.45) is 0 Å². The minimum atomic E-state index is -0.0327. The van der Waals surface area contributed by atoms with E-state index in [1.165, 1.54) is 89.9 Å². The molecule has 0 heterocycles. The van der Waals surface area contributed by atoms with Crippen LogP contribution >= 0.6 is 0 Å². The number of hydrogen-bond acceptors (Lipinski definition) is 2. The second-order valence-electron chi connectivity index (χ2n) is 7.24. The summed E-state index contributed by atoms with van der Waals surface area (Å²) in [5.41, 5.74) is 0. The zero-order valence-corrected chi connectivity index (χ0v) is 16.2. The molecule has 0 fully saturated rings. The maximum absolute atomic E-state index is 11.4. The van der Waals surface area contributed by atoms with Crippen LogP contribution in [0.1, 0.15) is 124 Å². The van der Waals surface area contributed by atoms with Crippen molar-refractivity contribution in [2.75, 3.05) is 0 Å². The van der Waals surface area contributed by atoms with Crippen molar-refractivity contribution in [1.82, 2.24) is 0 Å². The Balaban J connectivity index is 0. The summed E-state index contributed by atoms with van der Waals surface area (Å²) in [6, 6.07) is 0. The van der Waals surface area contributed by atoms with Gasteiger partial charge < -0.3 is 4.74 Å². The quantitative estimate of drug-likeness (QED) is 0.143. The first kappa shape index (κ1) is 27.3. The van der Waals surface area contributed by atoms with Gasteiger partial charge in [-0.3, -0.25) is 4.79 Å². The molecule has 0 N–H and O–H groups in total. The van der Waals surface area contributed by atoms with Crippen LogP contribution in [0.25, 0.3) is 0 Å². The Morgan fingerprint density at radius 2 is 1.00 bits per heavy atom. The molecule has 0 aromatic heterocycles. The van der Waals surface area contributed by atoms with Crippen LogP contribution in [0.4, 0.5) is 0 Å². The topological polar surface area (TPSA) is 26.3 Å². The van der Waals surface area contributed by atoms with E-state index in [1.807, 2.05) is 13.8 Å². The first-order chi connectivity index (χ1) is 11.2. The van der Waals surface area contributed by atoms with E-state index >= 15 is 0 Å². The zero-order chi connectivity index (χ0) is 17.2. The molecule has 0 bridgehead atoms. The van der Waals surface area contributed by atoms with Crippen LogP contribution in [0.3, 0.4) is 0 Å². The minimum absolute atomic E-state index is 0. The predicted molar refractivity (Wildman–Crippen MR) is 109 cm³/mol. The SMILES string of the molecule is CCCCCCCCCCCCCCCCCC(=O)OC(C)C.[BaH2]. The van der Waals surface area contributed by atoms with Gasteiger partial charge in [-0.2, -0.15) is 0 Å². The third kappa shape index (κ3) is 23.0. The van der Waals surface area contributed by atoms with Crippen LogP contribution in [-0.2, 0) is 9.53 Å². The predicted octanol–water partition coefficient (Wildman–Crippen LogP) is 6.28. The average molecular weight is 466 g/mol. The molecule has 0 rings (SSSR count). The van der Waals surface area contributed by atoms with Gasteiger partial charge in [0.25, 0.3) is 0 Å². The Morgan fingerprint density at radius 1 is 0.667 bits per heavy atom. The van der Waals surface area contributed by atoms with Crippen LogP contribution < -0.4 is 0 Å². The van der Waals surface area contributed by atoms with Gasteiger partial charge in [0, 0.05) is 6.42 Å². The fraction of sp³-hybridized carbons (Fsp3) is 0.952. The summed E-state index contributed by atoms with van der Waals surface area (Å²) in [6.07, 6.45) is 20.9. The van der Waals surface area contributed by atoms with E-state index in [9.17, 15) is 4.79 Å². The monoisotopic (exact) mass is 466 g/mol. The van der Waals surface area contributed by atoms with E-state index in [-0.39, 0.29) is 61.0 Å². The Hall–Kier alpha value is 1.04. The Labute approximate surface area is 192 Å². The fourth-order valence-electron chi connectivity index (χ4n) is 2.96. The second kappa shape index (κ2) is 22.1. The molecular formula is C21H44BaO2. The molecule has 0 radical (unpaired) electrons. The number of hydrogen-bond donors (Lipinski definition) is 0. The van der Waals surface area contributed by atoms with Gasteiger partial charge in [-0.25, -0.2) is 0 Å². The number of esters is 1. The van der Waals surface area contributed by atoms with Gasteiger partial charge in [-0.05, 0) is 20.3 Å². The zero-order valence-electron chi connectivity index (χ0n) is 16.2. The van der Waals surface area contributed by atoms with E-state index in [1.54, 1.807) is 0 Å². The van der Waals surface area contributed by atoms with E-state index in [0.29, 0.717) is 6.42 Å². The number of carbonyl (C=O) groups excluding carboxylic acids is 1. The third-order valence-corrected chi connectivity index (χ3v) is 4.35. The van der Waals surface area contributed by atoms with Crippen molar-refractivity contribution in [3.05, 3.63) is 0 Å². The summed E-state index contributed by atoms with van der Waals surface area (Å²) in [4.78, 5) is 11.4. The summed E-state index contributed by atoms with van der Waals surface area (Å²) < 4.78 is 5.13. The van der Waals surface area contributed by atoms with Crippen LogP contribution in [0.5, 0.6) is 0 Å². The van der Waals surface area contributed by atoms with Crippen LogP contribution in [0, 0.1) is 0 Å². The summed E-state index contributed by atoms with van der Waals surface area (Å²) in [5, 5.41) is 0. The normalized spacial score (nSPS) is 10.7. The van der Waals surface area contributed by atoms with Gasteiger partial charge in [-0.15, -0.1) is 0 Å². The van der Waals surface area contributed by atoms with Crippen molar-refractivity contribution >= 4 is 54.9 Å². The van der Waals surface area contributed by atoms with Crippen LogP contribution in [0.15, 0.2) is 0 Å². The van der Waals surface area contributed by atoms with Gasteiger partial charge in [0.1, 0.15) is 0 Å². The molecule has 0 aromatic carbocycles. The molecule has 0 aliphatic carbocycles. The van der Waals surface area contributed by atoms with Crippen molar-refractivity contribution < 1.29 is 9.53 Å². The molecule has 0 aliphatic heterocycles. The third-order valence-electron chi connectivity index (χ3n) is 4.35. The van der Waals surface area contributed by atoms with Gasteiger partial charge in [0.15, 0.2) is 0 Å². The summed E-state index contributed by atoms with van der Waals surface area (Å²) in [5.74, 6) is -0.0327. The van der Waals surface area contributed by atoms with Crippen molar-refractivity contribution in [3.8, 4) is 0 Å². The molecular weight excluding hydrogens is 422 g/mol. The molecule has 0 saturated carbocycles. The Morgan fingerprint density at radius 3 is 1.33 bits per heavy atom. The summed E-state index contributed by atoms with van der Waals surface area (Å²) in [6.45, 7) is 6.09. The van der Waals surface area contributed by atoms with E-state index in [2.05, 4.69) is 6.92 Å². The fourth-order valence-corrected chi connectivity index (χ4v) is 2.96. The molecule has 142 valence electrons. The number of rotatable bonds is 17. The Kier molecular flexibility index (Phi) is 25.1. The second-order valence-corrected chi connectivity index (χ2v) is 7.24. The summed E-state index contributed by atoms with van der Waals surface area (Å²) >= 11 is 0. The molecule has 0 aromatic rings. The standard InChI is InChI=1S/C21H42O2.Ba.2H/c1-4-5-6-7-8-9-10-11-12-13-14-15-16-17-18-19-21(22)23-20(2)3;;;/h20H,4-19H2,1-3H3;;;. The van der Waals surface area contributed by atoms with Crippen molar-refractivity contribution in [1.29, 1.82) is 0 Å². The molecule has 0 amide bonds. The maximum atomic E-state index is 11.4. The number of ether oxygens (including phenoxy) is 1. The molecule has 0 atom stereocenters. The van der Waals surface area contributed by atoms with Crippen molar-refractivity contribution in [3.63, 3.8) is 0 Å². The molecule has 0 saturated heterocycles. The van der Waals surface area contributed by atoms with E-state index in [0.717, 1.165) is 6.42 Å². The van der Waals surface area contributed by atoms with Gasteiger partial charge in [-0.1, -0.05) is 96.8 Å². The number of carbonyl (C=O) groups is 1. The molecule has 0 unspecified atom stereocenters. The van der Waals surface area contributed by atoms with Gasteiger partial charge in [0.2, 0.25) is 0 Å². The number of unbranched alkanes of at least 4 members (excludes halogenated alkanes) is 14.